The zero-order valence-electron chi connectivity index (χ0n) is 13.5. The van der Waals surface area contributed by atoms with E-state index in [1.807, 2.05) is 19.9 Å². The Morgan fingerprint density at radius 3 is 2.52 bits per heavy atom. The van der Waals surface area contributed by atoms with Crippen LogP contribution in [0.3, 0.4) is 0 Å². The largest absolute Gasteiger partial charge is 0.460 e. The molecule has 124 valence electrons. The van der Waals surface area contributed by atoms with Crippen molar-refractivity contribution in [1.29, 1.82) is 0 Å². The van der Waals surface area contributed by atoms with Crippen LogP contribution in [-0.2, 0) is 43.4 Å². The van der Waals surface area contributed by atoms with Gasteiger partial charge in [-0.25, -0.2) is 0 Å². The first kappa shape index (κ1) is 14.9. The molecule has 0 N–H and O–H groups in total. The van der Waals surface area contributed by atoms with Gasteiger partial charge in [0.05, 0.1) is 29.9 Å². The van der Waals surface area contributed by atoms with E-state index in [9.17, 15) is 9.59 Å². The maximum Gasteiger partial charge on any atom is 0.316 e. The number of ether oxygens (including phenoxy) is 3. The molecule has 23 heavy (non-hydrogen) atoms. The van der Waals surface area contributed by atoms with Crippen molar-refractivity contribution in [2.24, 2.45) is 0 Å². The molecule has 1 saturated heterocycles. The van der Waals surface area contributed by atoms with Crippen molar-refractivity contribution >= 4 is 5.97 Å². The molecule has 3 aliphatic rings. The maximum absolute atomic E-state index is 12.9. The summed E-state index contributed by atoms with van der Waals surface area (Å²) < 4.78 is 18.7. The van der Waals surface area contributed by atoms with Gasteiger partial charge in [-0.05, 0) is 24.5 Å². The lowest BCUT2D eigenvalue weighted by Crippen LogP contribution is -2.44. The molecule has 1 spiro atoms. The minimum atomic E-state index is -0.817. The topological polar surface area (TPSA) is 66.8 Å². The zero-order valence-corrected chi connectivity index (χ0v) is 13.5. The Labute approximate surface area is 134 Å². The lowest BCUT2D eigenvalue weighted by molar-refractivity contribution is -0.164. The second kappa shape index (κ2) is 4.92. The van der Waals surface area contributed by atoms with Crippen molar-refractivity contribution < 1.29 is 19.0 Å². The number of fused-ring (bicyclic) bond motifs is 3. The Balaban J connectivity index is 1.98. The summed E-state index contributed by atoms with van der Waals surface area (Å²) in [5.41, 5.74) is 1.33. The van der Waals surface area contributed by atoms with Gasteiger partial charge in [-0.15, -0.1) is 0 Å². The van der Waals surface area contributed by atoms with Crippen LogP contribution in [-0.4, -0.2) is 23.8 Å². The molecule has 1 aromatic rings. The van der Waals surface area contributed by atoms with E-state index in [2.05, 4.69) is 0 Å². The smallest absolute Gasteiger partial charge is 0.316 e. The number of hydrogen-bond acceptors (Lipinski definition) is 5. The number of carbonyl (C=O) groups excluding carboxylic acids is 1. The van der Waals surface area contributed by atoms with Crippen molar-refractivity contribution in [1.82, 2.24) is 4.57 Å². The summed E-state index contributed by atoms with van der Waals surface area (Å²) >= 11 is 0. The Hall–Kier alpha value is -1.66. The summed E-state index contributed by atoms with van der Waals surface area (Å²) in [5, 5.41) is 0. The predicted molar refractivity (Wildman–Crippen MR) is 81.0 cm³/mol. The standard InChI is InChI=1S/C17H21NO5/c1-3-16(4-2)12-9-13-17(22-7-8-23-17)5-6-18(13)14(19)11(12)10-21-15(16)20/h9H,3-8,10H2,1-2H3. The second-order valence-electron chi connectivity index (χ2n) is 6.44. The SMILES string of the molecule is CCC1(CC)C(=O)OCc2c1cc1n(c2=O)CCC12OCCO2. The van der Waals surface area contributed by atoms with Gasteiger partial charge in [0.1, 0.15) is 6.61 Å². The molecule has 1 fully saturated rings. The first-order valence-electron chi connectivity index (χ1n) is 8.31. The number of pyridine rings is 1. The van der Waals surface area contributed by atoms with Crippen LogP contribution in [0.15, 0.2) is 10.9 Å². The third-order valence-corrected chi connectivity index (χ3v) is 5.67. The van der Waals surface area contributed by atoms with Crippen LogP contribution in [0.4, 0.5) is 0 Å². The fourth-order valence-electron chi connectivity index (χ4n) is 4.23. The molecule has 6 nitrogen and oxygen atoms in total. The van der Waals surface area contributed by atoms with Crippen molar-refractivity contribution in [3.8, 4) is 0 Å². The average molecular weight is 319 g/mol. The van der Waals surface area contributed by atoms with Crippen LogP contribution in [0.25, 0.3) is 0 Å². The summed E-state index contributed by atoms with van der Waals surface area (Å²) in [4.78, 5) is 25.4. The highest BCUT2D eigenvalue weighted by Gasteiger charge is 2.50. The van der Waals surface area contributed by atoms with E-state index in [0.29, 0.717) is 44.6 Å². The van der Waals surface area contributed by atoms with Crippen LogP contribution < -0.4 is 5.56 Å². The van der Waals surface area contributed by atoms with Crippen molar-refractivity contribution in [3.05, 3.63) is 33.2 Å². The molecule has 4 heterocycles. The van der Waals surface area contributed by atoms with E-state index < -0.39 is 11.2 Å². The van der Waals surface area contributed by atoms with Crippen molar-refractivity contribution in [3.63, 3.8) is 0 Å². The quantitative estimate of drug-likeness (QED) is 0.774. The van der Waals surface area contributed by atoms with Gasteiger partial charge in [0, 0.05) is 13.0 Å². The molecule has 0 unspecified atom stereocenters. The highest BCUT2D eigenvalue weighted by atomic mass is 16.7. The summed E-state index contributed by atoms with van der Waals surface area (Å²) in [6.07, 6.45) is 1.84. The van der Waals surface area contributed by atoms with E-state index >= 15 is 0 Å². The van der Waals surface area contributed by atoms with Crippen molar-refractivity contribution in [2.75, 3.05) is 13.2 Å². The first-order valence-corrected chi connectivity index (χ1v) is 8.31. The van der Waals surface area contributed by atoms with E-state index in [4.69, 9.17) is 14.2 Å². The van der Waals surface area contributed by atoms with E-state index in [1.165, 1.54) is 0 Å². The van der Waals surface area contributed by atoms with Crippen LogP contribution in [0, 0.1) is 0 Å². The van der Waals surface area contributed by atoms with Gasteiger partial charge in [-0.2, -0.15) is 0 Å². The highest BCUT2D eigenvalue weighted by Crippen LogP contribution is 2.44. The van der Waals surface area contributed by atoms with Crippen LogP contribution in [0.5, 0.6) is 0 Å². The number of aromatic nitrogens is 1. The molecule has 1 aromatic heterocycles. The first-order chi connectivity index (χ1) is 11.1. The Bertz CT molecular complexity index is 725. The molecule has 6 heteroatoms. The van der Waals surface area contributed by atoms with Gasteiger partial charge in [-0.3, -0.25) is 9.59 Å². The molecule has 0 atom stereocenters. The normalized spacial score (nSPS) is 23.7. The lowest BCUT2D eigenvalue weighted by Gasteiger charge is -2.36. The number of rotatable bonds is 2. The summed E-state index contributed by atoms with van der Waals surface area (Å²) in [6, 6.07) is 1.96. The van der Waals surface area contributed by atoms with E-state index in [1.54, 1.807) is 4.57 Å². The number of carbonyl (C=O) groups is 1. The van der Waals surface area contributed by atoms with Gasteiger partial charge in [0.2, 0.25) is 5.79 Å². The number of esters is 1. The van der Waals surface area contributed by atoms with Crippen LogP contribution in [0.1, 0.15) is 49.9 Å². The van der Waals surface area contributed by atoms with Crippen LogP contribution >= 0.6 is 0 Å². The lowest BCUT2D eigenvalue weighted by atomic mass is 9.72. The van der Waals surface area contributed by atoms with Gasteiger partial charge < -0.3 is 18.8 Å². The molecule has 3 aliphatic heterocycles. The summed E-state index contributed by atoms with van der Waals surface area (Å²) in [6.45, 7) is 5.61. The Morgan fingerprint density at radius 2 is 1.87 bits per heavy atom. The minimum Gasteiger partial charge on any atom is -0.460 e. The van der Waals surface area contributed by atoms with Gasteiger partial charge in [0.15, 0.2) is 0 Å². The number of nitrogens with zero attached hydrogens (tertiary/aromatic N) is 1. The zero-order chi connectivity index (χ0) is 16.2. The third-order valence-electron chi connectivity index (χ3n) is 5.67. The monoisotopic (exact) mass is 319 g/mol. The molecular weight excluding hydrogens is 298 g/mol. The Morgan fingerprint density at radius 1 is 1.17 bits per heavy atom. The minimum absolute atomic E-state index is 0.0593. The molecule has 0 saturated carbocycles. The predicted octanol–water partition coefficient (Wildman–Crippen LogP) is 1.57. The average Bonchev–Trinajstić information content (AvgIpc) is 3.17. The fraction of sp³-hybridized carbons (Fsp3) is 0.647. The van der Waals surface area contributed by atoms with E-state index in [0.717, 1.165) is 11.3 Å². The molecule has 4 rings (SSSR count). The Kier molecular flexibility index (Phi) is 3.19. The van der Waals surface area contributed by atoms with Gasteiger partial charge in [0.25, 0.3) is 5.56 Å². The van der Waals surface area contributed by atoms with Gasteiger partial charge in [-0.1, -0.05) is 13.8 Å². The summed E-state index contributed by atoms with van der Waals surface area (Å²) in [7, 11) is 0. The molecule has 0 amide bonds. The molecule has 0 radical (unpaired) electrons. The molecule has 0 aliphatic carbocycles. The third kappa shape index (κ3) is 1.76. The van der Waals surface area contributed by atoms with Crippen molar-refractivity contribution in [2.45, 2.75) is 57.5 Å². The number of cyclic esters (lactones) is 1. The summed E-state index contributed by atoms with van der Waals surface area (Å²) in [5.74, 6) is -1.05. The fourth-order valence-corrected chi connectivity index (χ4v) is 4.23. The molecular formula is C17H21NO5. The van der Waals surface area contributed by atoms with E-state index in [-0.39, 0.29) is 18.1 Å². The highest BCUT2D eigenvalue weighted by molar-refractivity contribution is 5.85. The second-order valence-corrected chi connectivity index (χ2v) is 6.44. The molecule has 0 aromatic carbocycles. The number of hydrogen-bond donors (Lipinski definition) is 0. The molecule has 0 bridgehead atoms. The van der Waals surface area contributed by atoms with Gasteiger partial charge >= 0.3 is 5.97 Å². The van der Waals surface area contributed by atoms with Crippen LogP contribution in [0.2, 0.25) is 0 Å². The maximum atomic E-state index is 12.9.